The average molecular weight is 218 g/mol. The Labute approximate surface area is 94.1 Å². The smallest absolute Gasteiger partial charge is 0.269 e. The van der Waals surface area contributed by atoms with E-state index in [0.29, 0.717) is 0 Å². The van der Waals surface area contributed by atoms with Crippen molar-refractivity contribution >= 4 is 11.8 Å². The van der Waals surface area contributed by atoms with Crippen molar-refractivity contribution in [2.75, 3.05) is 5.32 Å². The number of benzene rings is 1. The van der Waals surface area contributed by atoms with Crippen molar-refractivity contribution in [1.29, 1.82) is 0 Å². The highest BCUT2D eigenvalue weighted by Crippen LogP contribution is 2.29. The Kier molecular flexibility index (Phi) is 2.64. The van der Waals surface area contributed by atoms with Crippen LogP contribution in [0.1, 0.15) is 19.4 Å². The van der Waals surface area contributed by atoms with Gasteiger partial charge in [-0.05, 0) is 12.0 Å². The maximum atomic E-state index is 11.0. The number of rotatable bonds is 2. The minimum atomic E-state index is -0.298. The van der Waals surface area contributed by atoms with Crippen molar-refractivity contribution in [3.63, 3.8) is 0 Å². The zero-order chi connectivity index (χ0) is 11.7. The summed E-state index contributed by atoms with van der Waals surface area (Å²) in [5, 5.41) is 14.2. The molecule has 0 saturated heterocycles. The Morgan fingerprint density at radius 2 is 2.06 bits per heavy atom. The first kappa shape index (κ1) is 10.7. The highest BCUT2D eigenvalue weighted by atomic mass is 16.6. The van der Waals surface area contributed by atoms with E-state index in [1.807, 2.05) is 38.1 Å². The van der Waals surface area contributed by atoms with E-state index in [1.165, 1.54) is 0 Å². The molecule has 0 unspecified atom stereocenters. The summed E-state index contributed by atoms with van der Waals surface area (Å²) in [7, 11) is 0. The molecule has 84 valence electrons. The maximum Gasteiger partial charge on any atom is 0.269 e. The molecule has 1 heterocycles. The van der Waals surface area contributed by atoms with Crippen LogP contribution in [0.25, 0.3) is 6.08 Å². The number of fused-ring (bicyclic) bond motifs is 1. The first-order valence-electron chi connectivity index (χ1n) is 5.31. The number of nitrogens with one attached hydrogen (secondary N) is 1. The van der Waals surface area contributed by atoms with Crippen molar-refractivity contribution in [2.45, 2.75) is 19.9 Å². The average Bonchev–Trinajstić information content (AvgIpc) is 2.27. The molecule has 2 rings (SSSR count). The second kappa shape index (κ2) is 3.96. The molecule has 0 fully saturated rings. The summed E-state index contributed by atoms with van der Waals surface area (Å²) in [4.78, 5) is 10.7. The van der Waals surface area contributed by atoms with Gasteiger partial charge in [0.05, 0.1) is 4.92 Å². The van der Waals surface area contributed by atoms with Crippen LogP contribution in [-0.4, -0.2) is 11.0 Å². The van der Waals surface area contributed by atoms with Crippen molar-refractivity contribution < 1.29 is 4.92 Å². The molecular formula is C12H14N2O2. The van der Waals surface area contributed by atoms with E-state index in [0.717, 1.165) is 11.3 Å². The quantitative estimate of drug-likeness (QED) is 0.613. The van der Waals surface area contributed by atoms with E-state index in [-0.39, 0.29) is 22.6 Å². The summed E-state index contributed by atoms with van der Waals surface area (Å²) >= 11 is 0. The van der Waals surface area contributed by atoms with Gasteiger partial charge in [-0.15, -0.1) is 0 Å². The zero-order valence-electron chi connectivity index (χ0n) is 9.31. The Morgan fingerprint density at radius 1 is 1.38 bits per heavy atom. The normalized spacial score (nSPS) is 18.7. The highest BCUT2D eigenvalue weighted by molar-refractivity contribution is 5.72. The summed E-state index contributed by atoms with van der Waals surface area (Å²) in [6.45, 7) is 3.95. The molecule has 0 bridgehead atoms. The first-order valence-corrected chi connectivity index (χ1v) is 5.31. The third-order valence-electron chi connectivity index (χ3n) is 2.77. The van der Waals surface area contributed by atoms with Gasteiger partial charge in [-0.1, -0.05) is 32.0 Å². The van der Waals surface area contributed by atoms with Gasteiger partial charge in [-0.2, -0.15) is 0 Å². The number of anilines is 1. The van der Waals surface area contributed by atoms with E-state index in [4.69, 9.17) is 0 Å². The fourth-order valence-electron chi connectivity index (χ4n) is 1.92. The van der Waals surface area contributed by atoms with Gasteiger partial charge in [0.2, 0.25) is 0 Å². The molecule has 4 heteroatoms. The van der Waals surface area contributed by atoms with Crippen LogP contribution in [0.4, 0.5) is 5.69 Å². The summed E-state index contributed by atoms with van der Waals surface area (Å²) in [6.07, 6.45) is 1.66. The van der Waals surface area contributed by atoms with Gasteiger partial charge in [0.15, 0.2) is 0 Å². The van der Waals surface area contributed by atoms with Crippen molar-refractivity contribution in [3.05, 3.63) is 45.6 Å². The molecule has 16 heavy (non-hydrogen) atoms. The minimum absolute atomic E-state index is 0.185. The molecule has 1 aromatic carbocycles. The lowest BCUT2D eigenvalue weighted by molar-refractivity contribution is -0.428. The number of nitro groups is 1. The molecule has 1 aliphatic heterocycles. The minimum Gasteiger partial charge on any atom is -0.372 e. The van der Waals surface area contributed by atoms with Crippen molar-refractivity contribution in [2.24, 2.45) is 5.92 Å². The van der Waals surface area contributed by atoms with Crippen LogP contribution in [0, 0.1) is 16.0 Å². The number of para-hydroxylation sites is 1. The Balaban J connectivity index is 2.47. The Bertz CT molecular complexity index is 452. The first-order chi connectivity index (χ1) is 7.59. The fraction of sp³-hybridized carbons (Fsp3) is 0.333. The van der Waals surface area contributed by atoms with Crippen LogP contribution in [-0.2, 0) is 0 Å². The molecule has 0 radical (unpaired) electrons. The van der Waals surface area contributed by atoms with Gasteiger partial charge in [-0.3, -0.25) is 10.1 Å². The van der Waals surface area contributed by atoms with Gasteiger partial charge in [-0.25, -0.2) is 0 Å². The predicted octanol–water partition coefficient (Wildman–Crippen LogP) is 2.75. The topological polar surface area (TPSA) is 55.2 Å². The van der Waals surface area contributed by atoms with E-state index in [1.54, 1.807) is 6.08 Å². The second-order valence-corrected chi connectivity index (χ2v) is 4.28. The van der Waals surface area contributed by atoms with Gasteiger partial charge < -0.3 is 5.32 Å². The molecule has 0 spiro atoms. The van der Waals surface area contributed by atoms with E-state index >= 15 is 0 Å². The van der Waals surface area contributed by atoms with Crippen LogP contribution in [0.5, 0.6) is 0 Å². The molecule has 1 aromatic rings. The fourth-order valence-corrected chi connectivity index (χ4v) is 1.92. The van der Waals surface area contributed by atoms with Gasteiger partial charge in [0.25, 0.3) is 5.70 Å². The lowest BCUT2D eigenvalue weighted by atomic mass is 9.95. The van der Waals surface area contributed by atoms with E-state index in [2.05, 4.69) is 5.32 Å². The molecule has 0 amide bonds. The van der Waals surface area contributed by atoms with Crippen LogP contribution in [0.3, 0.4) is 0 Å². The number of hydrogen-bond acceptors (Lipinski definition) is 3. The van der Waals surface area contributed by atoms with Crippen molar-refractivity contribution in [1.82, 2.24) is 0 Å². The summed E-state index contributed by atoms with van der Waals surface area (Å²) < 4.78 is 0. The molecule has 1 N–H and O–H groups in total. The second-order valence-electron chi connectivity index (χ2n) is 4.28. The zero-order valence-corrected chi connectivity index (χ0v) is 9.31. The molecular weight excluding hydrogens is 204 g/mol. The molecule has 1 atom stereocenters. The van der Waals surface area contributed by atoms with Crippen LogP contribution >= 0.6 is 0 Å². The van der Waals surface area contributed by atoms with E-state index < -0.39 is 0 Å². The Morgan fingerprint density at radius 3 is 2.69 bits per heavy atom. The lowest BCUT2D eigenvalue weighted by Gasteiger charge is -2.25. The predicted molar refractivity (Wildman–Crippen MR) is 63.7 cm³/mol. The molecule has 1 aliphatic rings. The monoisotopic (exact) mass is 218 g/mol. The van der Waals surface area contributed by atoms with Crippen LogP contribution < -0.4 is 5.32 Å². The largest absolute Gasteiger partial charge is 0.372 e. The highest BCUT2D eigenvalue weighted by Gasteiger charge is 2.31. The molecule has 0 aliphatic carbocycles. The number of hydrogen-bond donors (Lipinski definition) is 1. The summed E-state index contributed by atoms with van der Waals surface area (Å²) in [6, 6.07) is 7.41. The molecule has 0 saturated carbocycles. The molecule has 4 nitrogen and oxygen atoms in total. The van der Waals surface area contributed by atoms with Gasteiger partial charge in [0, 0.05) is 17.3 Å². The third-order valence-corrected chi connectivity index (χ3v) is 2.77. The van der Waals surface area contributed by atoms with Crippen LogP contribution in [0.15, 0.2) is 30.0 Å². The Hall–Kier alpha value is -1.84. The SMILES string of the molecule is CC(C)[C@@H]1Nc2ccccc2C=C1[N+](=O)[O-]. The standard InChI is InChI=1S/C12H14N2O2/c1-8(2)12-11(14(15)16)7-9-5-3-4-6-10(9)13-12/h3-8,12-13H,1-2H3/t12-/m0/s1. The van der Waals surface area contributed by atoms with Gasteiger partial charge in [0.1, 0.15) is 6.04 Å². The number of nitrogens with zero attached hydrogens (tertiary/aromatic N) is 1. The summed E-state index contributed by atoms with van der Waals surface area (Å²) in [5.74, 6) is 0.185. The van der Waals surface area contributed by atoms with E-state index in [9.17, 15) is 10.1 Å². The third kappa shape index (κ3) is 1.78. The molecule has 0 aromatic heterocycles. The maximum absolute atomic E-state index is 11.0. The lowest BCUT2D eigenvalue weighted by Crippen LogP contribution is -2.33. The van der Waals surface area contributed by atoms with Crippen LogP contribution in [0.2, 0.25) is 0 Å². The van der Waals surface area contributed by atoms with Gasteiger partial charge >= 0.3 is 0 Å². The summed E-state index contributed by atoms with van der Waals surface area (Å²) in [5.41, 5.74) is 2.09. The van der Waals surface area contributed by atoms with Crippen molar-refractivity contribution in [3.8, 4) is 0 Å².